The summed E-state index contributed by atoms with van der Waals surface area (Å²) in [6.07, 6.45) is -0.524. The molecule has 1 atom stereocenters. The van der Waals surface area contributed by atoms with Gasteiger partial charge in [-0.3, -0.25) is 0 Å². The maximum Gasteiger partial charge on any atom is 0.408 e. The highest BCUT2D eigenvalue weighted by Crippen LogP contribution is 2.31. The van der Waals surface area contributed by atoms with E-state index in [-0.39, 0.29) is 11.2 Å². The fraction of sp³-hybridized carbons (Fsp3) is 0.556. The van der Waals surface area contributed by atoms with Crippen molar-refractivity contribution in [2.75, 3.05) is 0 Å². The fourth-order valence-corrected chi connectivity index (χ4v) is 2.91. The van der Waals surface area contributed by atoms with Crippen LogP contribution >= 0.6 is 11.8 Å². The Morgan fingerprint density at radius 2 is 1.67 bits per heavy atom. The van der Waals surface area contributed by atoms with E-state index < -0.39 is 23.7 Å². The number of ether oxygens (including phenoxy) is 1. The number of benzene rings is 1. The molecule has 1 aromatic carbocycles. The van der Waals surface area contributed by atoms with E-state index in [2.05, 4.69) is 26.1 Å². The molecule has 0 aliphatic carbocycles. The predicted molar refractivity (Wildman–Crippen MR) is 96.5 cm³/mol. The molecule has 2 N–H and O–H groups in total. The number of thioether (sulfide) groups is 1. The summed E-state index contributed by atoms with van der Waals surface area (Å²) in [7, 11) is 0. The van der Waals surface area contributed by atoms with E-state index in [1.165, 1.54) is 0 Å². The molecule has 0 aliphatic heterocycles. The summed E-state index contributed by atoms with van der Waals surface area (Å²) in [5, 5.41) is 11.7. The van der Waals surface area contributed by atoms with E-state index in [1.54, 1.807) is 32.5 Å². The van der Waals surface area contributed by atoms with E-state index in [4.69, 9.17) is 4.74 Å². The van der Waals surface area contributed by atoms with Crippen LogP contribution in [0.15, 0.2) is 29.2 Å². The third kappa shape index (κ3) is 8.24. The van der Waals surface area contributed by atoms with E-state index in [0.717, 1.165) is 10.5 Å². The standard InChI is InChI=1S/C18H27NO4S/c1-17(2,3)23-16(22)19-14(15(20)21)11-12-7-9-13(10-8-12)24-18(4,5)6/h7-10,14H,11H2,1-6H3,(H,19,22)(H,20,21)/t14-/m0/s1. The topological polar surface area (TPSA) is 75.6 Å². The zero-order valence-electron chi connectivity index (χ0n) is 15.2. The van der Waals surface area contributed by atoms with Crippen molar-refractivity contribution in [1.82, 2.24) is 5.32 Å². The third-order valence-electron chi connectivity index (χ3n) is 2.78. The maximum absolute atomic E-state index is 11.8. The molecule has 1 rings (SSSR count). The van der Waals surface area contributed by atoms with Gasteiger partial charge in [0, 0.05) is 16.1 Å². The molecule has 134 valence electrons. The molecule has 0 spiro atoms. The SMILES string of the molecule is CC(C)(C)OC(=O)N[C@@H](Cc1ccc(SC(C)(C)C)cc1)C(=O)O. The Balaban J connectivity index is 2.72. The fourth-order valence-electron chi connectivity index (χ4n) is 1.93. The van der Waals surface area contributed by atoms with Crippen molar-refractivity contribution in [3.8, 4) is 0 Å². The van der Waals surface area contributed by atoms with E-state index in [0.29, 0.717) is 0 Å². The molecule has 1 aromatic rings. The molecule has 0 saturated heterocycles. The molecule has 5 nitrogen and oxygen atoms in total. The second-order valence-electron chi connectivity index (χ2n) is 7.60. The molecule has 0 bridgehead atoms. The van der Waals surface area contributed by atoms with Crippen molar-refractivity contribution < 1.29 is 19.4 Å². The first-order chi connectivity index (χ1) is 10.9. The molecule has 6 heteroatoms. The smallest absolute Gasteiger partial charge is 0.408 e. The Bertz CT molecular complexity index is 570. The minimum atomic E-state index is -1.09. The Morgan fingerprint density at radius 1 is 1.12 bits per heavy atom. The number of carbonyl (C=O) groups excluding carboxylic acids is 1. The van der Waals surface area contributed by atoms with Gasteiger partial charge in [0.1, 0.15) is 11.6 Å². The molecule has 0 saturated carbocycles. The largest absolute Gasteiger partial charge is 0.480 e. The maximum atomic E-state index is 11.8. The first kappa shape index (κ1) is 20.4. The van der Waals surface area contributed by atoms with Gasteiger partial charge in [0.2, 0.25) is 0 Å². The number of alkyl carbamates (subject to hydrolysis) is 1. The number of rotatable bonds is 5. The van der Waals surface area contributed by atoms with Gasteiger partial charge >= 0.3 is 12.1 Å². The summed E-state index contributed by atoms with van der Waals surface area (Å²) in [5.41, 5.74) is 0.176. The summed E-state index contributed by atoms with van der Waals surface area (Å²) in [6, 6.07) is 6.69. The van der Waals surface area contributed by atoms with Crippen LogP contribution in [0.4, 0.5) is 4.79 Å². The number of amides is 1. The van der Waals surface area contributed by atoms with Gasteiger partial charge in [-0.25, -0.2) is 9.59 Å². The van der Waals surface area contributed by atoms with Crippen molar-refractivity contribution >= 4 is 23.8 Å². The van der Waals surface area contributed by atoms with Crippen molar-refractivity contribution in [3.63, 3.8) is 0 Å². The molecule has 0 radical (unpaired) electrons. The molecular weight excluding hydrogens is 326 g/mol. The van der Waals surface area contributed by atoms with Crippen LogP contribution in [0.2, 0.25) is 0 Å². The summed E-state index contributed by atoms with van der Waals surface area (Å²) >= 11 is 1.75. The average molecular weight is 353 g/mol. The lowest BCUT2D eigenvalue weighted by Gasteiger charge is -2.22. The number of hydrogen-bond donors (Lipinski definition) is 2. The van der Waals surface area contributed by atoms with Crippen molar-refractivity contribution in [1.29, 1.82) is 0 Å². The van der Waals surface area contributed by atoms with Crippen LogP contribution in [0.3, 0.4) is 0 Å². The van der Waals surface area contributed by atoms with Crippen molar-refractivity contribution in [2.45, 2.75) is 69.2 Å². The van der Waals surface area contributed by atoms with Crippen molar-refractivity contribution in [2.24, 2.45) is 0 Å². The second-order valence-corrected chi connectivity index (χ2v) is 9.50. The van der Waals surface area contributed by atoms with E-state index in [9.17, 15) is 14.7 Å². The third-order valence-corrected chi connectivity index (χ3v) is 3.90. The Hall–Kier alpha value is -1.69. The van der Waals surface area contributed by atoms with Crippen LogP contribution < -0.4 is 5.32 Å². The first-order valence-electron chi connectivity index (χ1n) is 7.86. The summed E-state index contributed by atoms with van der Waals surface area (Å²) in [4.78, 5) is 24.3. The van der Waals surface area contributed by atoms with Gasteiger partial charge in [-0.15, -0.1) is 11.8 Å². The number of aliphatic carboxylic acids is 1. The van der Waals surface area contributed by atoms with Gasteiger partial charge in [-0.2, -0.15) is 0 Å². The minimum absolute atomic E-state index is 0.114. The Morgan fingerprint density at radius 3 is 2.08 bits per heavy atom. The molecule has 0 unspecified atom stereocenters. The van der Waals surface area contributed by atoms with Crippen LogP contribution in [-0.4, -0.2) is 33.6 Å². The monoisotopic (exact) mass is 353 g/mol. The van der Waals surface area contributed by atoms with Gasteiger partial charge in [-0.1, -0.05) is 32.9 Å². The summed E-state index contributed by atoms with van der Waals surface area (Å²) in [5.74, 6) is -1.09. The molecule has 0 aromatic heterocycles. The quantitative estimate of drug-likeness (QED) is 0.780. The number of carbonyl (C=O) groups is 2. The Kier molecular flexibility index (Phi) is 6.72. The van der Waals surface area contributed by atoms with Gasteiger partial charge < -0.3 is 15.2 Å². The molecular formula is C18H27NO4S. The van der Waals surface area contributed by atoms with Crippen molar-refractivity contribution in [3.05, 3.63) is 29.8 Å². The van der Waals surface area contributed by atoms with Gasteiger partial charge in [-0.05, 0) is 38.5 Å². The summed E-state index contributed by atoms with van der Waals surface area (Å²) in [6.45, 7) is 11.6. The molecule has 0 heterocycles. The summed E-state index contributed by atoms with van der Waals surface area (Å²) < 4.78 is 5.23. The number of carboxylic acids is 1. The molecule has 0 aliphatic rings. The lowest BCUT2D eigenvalue weighted by atomic mass is 10.1. The highest BCUT2D eigenvalue weighted by atomic mass is 32.2. The van der Waals surface area contributed by atoms with Crippen LogP contribution in [0.25, 0.3) is 0 Å². The first-order valence-corrected chi connectivity index (χ1v) is 8.68. The van der Waals surface area contributed by atoms with Crippen LogP contribution in [0.1, 0.15) is 47.1 Å². The van der Waals surface area contributed by atoms with Crippen LogP contribution in [0, 0.1) is 0 Å². The average Bonchev–Trinajstić information content (AvgIpc) is 2.36. The Labute approximate surface area is 148 Å². The lowest BCUT2D eigenvalue weighted by Crippen LogP contribution is -2.44. The number of carboxylic acid groups (broad SMARTS) is 1. The zero-order chi connectivity index (χ0) is 18.5. The molecule has 0 fully saturated rings. The van der Waals surface area contributed by atoms with Crippen LogP contribution in [-0.2, 0) is 16.0 Å². The molecule has 24 heavy (non-hydrogen) atoms. The van der Waals surface area contributed by atoms with E-state index >= 15 is 0 Å². The highest BCUT2D eigenvalue weighted by Gasteiger charge is 2.24. The van der Waals surface area contributed by atoms with E-state index in [1.807, 2.05) is 24.3 Å². The normalized spacial score (nSPS) is 13.2. The van der Waals surface area contributed by atoms with Gasteiger partial charge in [0.15, 0.2) is 0 Å². The highest BCUT2D eigenvalue weighted by molar-refractivity contribution is 8.00. The minimum Gasteiger partial charge on any atom is -0.480 e. The van der Waals surface area contributed by atoms with Gasteiger partial charge in [0.05, 0.1) is 0 Å². The lowest BCUT2D eigenvalue weighted by molar-refractivity contribution is -0.139. The second kappa shape index (κ2) is 7.92. The predicted octanol–water partition coefficient (Wildman–Crippen LogP) is 4.10. The van der Waals surface area contributed by atoms with Gasteiger partial charge in [0.25, 0.3) is 0 Å². The molecule has 1 amide bonds. The number of hydrogen-bond acceptors (Lipinski definition) is 4. The van der Waals surface area contributed by atoms with Crippen LogP contribution in [0.5, 0.6) is 0 Å². The zero-order valence-corrected chi connectivity index (χ0v) is 16.0. The number of nitrogens with one attached hydrogen (secondary N) is 1.